The predicted octanol–water partition coefficient (Wildman–Crippen LogP) is 0.539. The zero-order chi connectivity index (χ0) is 12.2. The predicted molar refractivity (Wildman–Crippen MR) is 54.0 cm³/mol. The summed E-state index contributed by atoms with van der Waals surface area (Å²) in [5.74, 6) is -1.69. The van der Waals surface area contributed by atoms with Crippen molar-refractivity contribution in [3.63, 3.8) is 0 Å². The number of carboxylic acids is 1. The number of hydrogen-bond acceptors (Lipinski definition) is 4. The number of carbonyl (C=O) groups is 1. The van der Waals surface area contributed by atoms with E-state index in [-0.39, 0.29) is 0 Å². The van der Waals surface area contributed by atoms with Crippen LogP contribution in [0.3, 0.4) is 0 Å². The molecular formula is C10H10N3O3-. The fourth-order valence-electron chi connectivity index (χ4n) is 1.30. The molecule has 1 rings (SSSR count). The summed E-state index contributed by atoms with van der Waals surface area (Å²) < 4.78 is 0. The maximum atomic E-state index is 10.8. The summed E-state index contributed by atoms with van der Waals surface area (Å²) in [5.41, 5.74) is 6.55. The van der Waals surface area contributed by atoms with Gasteiger partial charge in [0.25, 0.3) is 0 Å². The Bertz CT molecular complexity index is 424. The van der Waals surface area contributed by atoms with Gasteiger partial charge in [-0.2, -0.15) is 0 Å². The maximum Gasteiger partial charge on any atom is 0.114 e. The highest BCUT2D eigenvalue weighted by Gasteiger charge is 2.33. The molecule has 0 aromatic heterocycles. The van der Waals surface area contributed by atoms with Crippen LogP contribution in [0.15, 0.2) is 35.4 Å². The highest BCUT2D eigenvalue weighted by Crippen LogP contribution is 2.29. The Balaban J connectivity index is 3.20. The smallest absolute Gasteiger partial charge is 0.114 e. The number of hydrogen-bond donors (Lipinski definition) is 1. The van der Waals surface area contributed by atoms with Gasteiger partial charge in [0.05, 0.1) is 12.0 Å². The quantitative estimate of drug-likeness (QED) is 0.454. The van der Waals surface area contributed by atoms with Crippen molar-refractivity contribution in [1.29, 1.82) is 0 Å². The van der Waals surface area contributed by atoms with Crippen LogP contribution in [-0.2, 0) is 4.79 Å². The monoisotopic (exact) mass is 220 g/mol. The lowest BCUT2D eigenvalue weighted by Gasteiger charge is -2.30. The Labute approximate surface area is 91.8 Å². The van der Waals surface area contributed by atoms with E-state index in [4.69, 9.17) is 5.53 Å². The Morgan fingerprint density at radius 2 is 2.12 bits per heavy atom. The zero-order valence-electron chi connectivity index (χ0n) is 8.57. The molecule has 0 fully saturated rings. The molecule has 0 bridgehead atoms. The Kier molecular flexibility index (Phi) is 3.50. The lowest BCUT2D eigenvalue weighted by molar-refractivity contribution is -0.325. The first-order valence-electron chi connectivity index (χ1n) is 4.53. The van der Waals surface area contributed by atoms with E-state index in [2.05, 4.69) is 10.0 Å². The molecule has 2 atom stereocenters. The summed E-state index contributed by atoms with van der Waals surface area (Å²) in [6.45, 7) is 1.04. The molecule has 0 unspecified atom stereocenters. The van der Waals surface area contributed by atoms with Gasteiger partial charge in [-0.05, 0) is 18.0 Å². The molecule has 0 saturated heterocycles. The summed E-state index contributed by atoms with van der Waals surface area (Å²) in [7, 11) is 0. The van der Waals surface area contributed by atoms with Gasteiger partial charge in [0.2, 0.25) is 0 Å². The van der Waals surface area contributed by atoms with E-state index in [9.17, 15) is 15.0 Å². The minimum atomic E-state index is -2.24. The van der Waals surface area contributed by atoms with Crippen LogP contribution in [-0.4, -0.2) is 16.7 Å². The van der Waals surface area contributed by atoms with Crippen LogP contribution in [0, 0.1) is 0 Å². The topological polar surface area (TPSA) is 109 Å². The zero-order valence-corrected chi connectivity index (χ0v) is 8.57. The van der Waals surface area contributed by atoms with Crippen molar-refractivity contribution < 1.29 is 15.0 Å². The molecule has 6 heteroatoms. The number of carbonyl (C=O) groups excluding carboxylic acids is 1. The number of rotatable bonds is 4. The SMILES string of the molecule is C[C@](O)(C(=O)[O-])[C@@H](N=[N+]=[N-])c1ccccc1. The van der Waals surface area contributed by atoms with Gasteiger partial charge < -0.3 is 15.0 Å². The number of benzene rings is 1. The van der Waals surface area contributed by atoms with Gasteiger partial charge in [-0.15, -0.1) is 0 Å². The number of azide groups is 1. The molecule has 1 aromatic rings. The molecule has 16 heavy (non-hydrogen) atoms. The van der Waals surface area contributed by atoms with Gasteiger partial charge in [-0.25, -0.2) is 0 Å². The van der Waals surface area contributed by atoms with Crippen LogP contribution in [0.25, 0.3) is 10.4 Å². The third kappa shape index (κ3) is 2.31. The molecule has 1 aromatic carbocycles. The number of aliphatic hydroxyl groups is 1. The molecule has 0 aliphatic rings. The second kappa shape index (κ2) is 4.65. The minimum absolute atomic E-state index is 0.412. The van der Waals surface area contributed by atoms with Gasteiger partial charge in [-0.3, -0.25) is 0 Å². The second-order valence-corrected chi connectivity index (χ2v) is 3.45. The normalized spacial score (nSPS) is 15.6. The van der Waals surface area contributed by atoms with Crippen molar-refractivity contribution in [2.45, 2.75) is 18.6 Å². The fraction of sp³-hybridized carbons (Fsp3) is 0.300. The molecular weight excluding hydrogens is 210 g/mol. The third-order valence-electron chi connectivity index (χ3n) is 2.23. The average Bonchev–Trinajstić information content (AvgIpc) is 2.26. The molecule has 6 nitrogen and oxygen atoms in total. The summed E-state index contributed by atoms with van der Waals surface area (Å²) >= 11 is 0. The van der Waals surface area contributed by atoms with Crippen LogP contribution < -0.4 is 5.11 Å². The van der Waals surface area contributed by atoms with Crippen LogP contribution in [0.2, 0.25) is 0 Å². The number of nitrogens with zero attached hydrogens (tertiary/aromatic N) is 3. The van der Waals surface area contributed by atoms with Crippen LogP contribution >= 0.6 is 0 Å². The van der Waals surface area contributed by atoms with Crippen LogP contribution in [0.4, 0.5) is 0 Å². The Morgan fingerprint density at radius 1 is 1.56 bits per heavy atom. The van der Waals surface area contributed by atoms with E-state index in [1.807, 2.05) is 0 Å². The lowest BCUT2D eigenvalue weighted by atomic mass is 9.91. The Hall–Kier alpha value is -2.04. The van der Waals surface area contributed by atoms with Crippen molar-refractivity contribution >= 4 is 5.97 Å². The van der Waals surface area contributed by atoms with E-state index < -0.39 is 17.6 Å². The van der Waals surface area contributed by atoms with E-state index >= 15 is 0 Å². The van der Waals surface area contributed by atoms with Crippen LogP contribution in [0.1, 0.15) is 18.5 Å². The highest BCUT2D eigenvalue weighted by atomic mass is 16.4. The fourth-order valence-corrected chi connectivity index (χ4v) is 1.30. The van der Waals surface area contributed by atoms with E-state index in [1.165, 1.54) is 0 Å². The molecule has 84 valence electrons. The first kappa shape index (κ1) is 12.0. The first-order chi connectivity index (χ1) is 7.50. The first-order valence-corrected chi connectivity index (χ1v) is 4.53. The number of aliphatic carboxylic acids is 1. The summed E-state index contributed by atoms with van der Waals surface area (Å²) in [5, 5.41) is 23.8. The van der Waals surface area contributed by atoms with Crippen molar-refractivity contribution in [2.75, 3.05) is 0 Å². The maximum absolute atomic E-state index is 10.8. The van der Waals surface area contributed by atoms with Crippen LogP contribution in [0.5, 0.6) is 0 Å². The van der Waals surface area contributed by atoms with Crippen molar-refractivity contribution in [3.05, 3.63) is 46.3 Å². The summed E-state index contributed by atoms with van der Waals surface area (Å²) in [6.07, 6.45) is 0. The highest BCUT2D eigenvalue weighted by molar-refractivity contribution is 5.76. The van der Waals surface area contributed by atoms with Crippen molar-refractivity contribution in [2.24, 2.45) is 5.11 Å². The van der Waals surface area contributed by atoms with Gasteiger partial charge >= 0.3 is 0 Å². The number of carboxylic acid groups (broad SMARTS) is 1. The molecule has 0 amide bonds. The lowest BCUT2D eigenvalue weighted by Crippen LogP contribution is -2.49. The second-order valence-electron chi connectivity index (χ2n) is 3.45. The van der Waals surface area contributed by atoms with E-state index in [0.29, 0.717) is 5.56 Å². The average molecular weight is 220 g/mol. The standard InChI is InChI=1S/C10H11N3O3/c1-10(16,9(14)15)8(12-13-11)7-5-3-2-4-6-7/h2-6,8,16H,1H3,(H,14,15)/p-1/t8-,10+/m0/s1. The van der Waals surface area contributed by atoms with Crippen molar-refractivity contribution in [3.8, 4) is 0 Å². The third-order valence-corrected chi connectivity index (χ3v) is 2.23. The minimum Gasteiger partial charge on any atom is -0.547 e. The summed E-state index contributed by atoms with van der Waals surface area (Å²) in [6, 6.07) is 6.95. The molecule has 1 N–H and O–H groups in total. The largest absolute Gasteiger partial charge is 0.547 e. The van der Waals surface area contributed by atoms with Gasteiger partial charge in [0.1, 0.15) is 5.60 Å². The molecule has 0 spiro atoms. The molecule has 0 aliphatic carbocycles. The molecule has 0 radical (unpaired) electrons. The van der Waals surface area contributed by atoms with E-state index in [0.717, 1.165) is 6.92 Å². The van der Waals surface area contributed by atoms with Crippen molar-refractivity contribution in [1.82, 2.24) is 0 Å². The Morgan fingerprint density at radius 3 is 2.56 bits per heavy atom. The molecule has 0 aliphatic heterocycles. The van der Waals surface area contributed by atoms with Gasteiger partial charge in [-0.1, -0.05) is 35.4 Å². The van der Waals surface area contributed by atoms with E-state index in [1.54, 1.807) is 30.3 Å². The van der Waals surface area contributed by atoms with Gasteiger partial charge in [0, 0.05) is 4.91 Å². The molecule has 0 saturated carbocycles. The molecule has 0 heterocycles. The van der Waals surface area contributed by atoms with Gasteiger partial charge in [0.15, 0.2) is 0 Å². The summed E-state index contributed by atoms with van der Waals surface area (Å²) in [4.78, 5) is 13.3.